The zero-order chi connectivity index (χ0) is 14.7. The average Bonchev–Trinajstić information content (AvgIpc) is 3.17. The number of thiazole rings is 1. The first-order valence-electron chi connectivity index (χ1n) is 6.69. The molecule has 3 rings (SSSR count). The summed E-state index contributed by atoms with van der Waals surface area (Å²) in [5.74, 6) is 1.82. The molecule has 0 saturated heterocycles. The van der Waals surface area contributed by atoms with Crippen LogP contribution in [-0.4, -0.2) is 22.2 Å². The van der Waals surface area contributed by atoms with Crippen LogP contribution in [0.25, 0.3) is 11.4 Å². The van der Waals surface area contributed by atoms with E-state index >= 15 is 0 Å². The van der Waals surface area contributed by atoms with Crippen LogP contribution >= 0.6 is 11.3 Å². The topological polar surface area (TPSA) is 61.0 Å². The summed E-state index contributed by atoms with van der Waals surface area (Å²) in [6.07, 6.45) is 1.50. The number of aromatic nitrogens is 3. The second-order valence-corrected chi connectivity index (χ2v) is 5.42. The molecule has 5 nitrogen and oxygen atoms in total. The number of hydrogen-bond acceptors (Lipinski definition) is 6. The predicted molar refractivity (Wildman–Crippen MR) is 80.6 cm³/mol. The van der Waals surface area contributed by atoms with Gasteiger partial charge in [-0.2, -0.15) is 4.98 Å². The summed E-state index contributed by atoms with van der Waals surface area (Å²) in [5.41, 5.74) is 1.79. The summed E-state index contributed by atoms with van der Waals surface area (Å²) < 4.78 is 10.6. The van der Waals surface area contributed by atoms with Crippen molar-refractivity contribution in [2.24, 2.45) is 0 Å². The Kier molecular flexibility index (Phi) is 3.96. The minimum Gasteiger partial charge on any atom is -0.496 e. The summed E-state index contributed by atoms with van der Waals surface area (Å²) in [7, 11) is 1.63. The van der Waals surface area contributed by atoms with Gasteiger partial charge in [0.05, 0.1) is 29.8 Å². The van der Waals surface area contributed by atoms with Gasteiger partial charge in [0.2, 0.25) is 11.7 Å². The molecule has 6 heteroatoms. The van der Waals surface area contributed by atoms with Gasteiger partial charge >= 0.3 is 0 Å². The lowest BCUT2D eigenvalue weighted by Gasteiger charge is -2.02. The van der Waals surface area contributed by atoms with Crippen LogP contribution in [0.2, 0.25) is 0 Å². The van der Waals surface area contributed by atoms with Gasteiger partial charge in [0.1, 0.15) is 5.75 Å². The van der Waals surface area contributed by atoms with E-state index in [-0.39, 0.29) is 0 Å². The lowest BCUT2D eigenvalue weighted by Crippen LogP contribution is -1.91. The molecule has 1 aromatic carbocycles. The summed E-state index contributed by atoms with van der Waals surface area (Å²) in [4.78, 5) is 8.93. The number of aryl methyl sites for hydroxylation is 1. The Morgan fingerprint density at radius 2 is 2.10 bits per heavy atom. The second kappa shape index (κ2) is 6.05. The molecule has 21 heavy (non-hydrogen) atoms. The highest BCUT2D eigenvalue weighted by Crippen LogP contribution is 2.27. The number of nitrogens with zero attached hydrogens (tertiary/aromatic N) is 3. The third-order valence-corrected chi connectivity index (χ3v) is 4.09. The molecule has 0 fully saturated rings. The molecular weight excluding hydrogens is 286 g/mol. The monoisotopic (exact) mass is 301 g/mol. The number of methoxy groups -OCH3 is 1. The standard InChI is InChI=1S/C15H15N3O2S/c1-3-14-16-10(9-21-14)8-13-17-15(18-20-13)11-6-4-5-7-12(11)19-2/h4-7,9H,3,8H2,1-2H3. The van der Waals surface area contributed by atoms with E-state index in [4.69, 9.17) is 9.26 Å². The molecule has 108 valence electrons. The van der Waals surface area contributed by atoms with Gasteiger partial charge in [-0.15, -0.1) is 11.3 Å². The Morgan fingerprint density at radius 3 is 2.86 bits per heavy atom. The molecule has 2 aromatic heterocycles. The Balaban J connectivity index is 1.83. The zero-order valence-corrected chi connectivity index (χ0v) is 12.7. The average molecular weight is 301 g/mol. The maximum absolute atomic E-state index is 5.31. The number of rotatable bonds is 5. The third-order valence-electron chi connectivity index (χ3n) is 3.05. The van der Waals surface area contributed by atoms with Crippen molar-refractivity contribution in [3.63, 3.8) is 0 Å². The summed E-state index contributed by atoms with van der Waals surface area (Å²) >= 11 is 1.66. The van der Waals surface area contributed by atoms with Crippen molar-refractivity contribution < 1.29 is 9.26 Å². The lowest BCUT2D eigenvalue weighted by atomic mass is 10.2. The number of hydrogen-bond donors (Lipinski definition) is 0. The highest BCUT2D eigenvalue weighted by molar-refractivity contribution is 7.09. The van der Waals surface area contributed by atoms with Crippen molar-refractivity contribution in [2.45, 2.75) is 19.8 Å². The van der Waals surface area contributed by atoms with E-state index in [1.54, 1.807) is 18.4 Å². The molecule has 0 radical (unpaired) electrons. The molecule has 0 aliphatic rings. The van der Waals surface area contributed by atoms with E-state index < -0.39 is 0 Å². The molecule has 0 unspecified atom stereocenters. The molecule has 0 amide bonds. The molecule has 0 N–H and O–H groups in total. The largest absolute Gasteiger partial charge is 0.496 e. The van der Waals surface area contributed by atoms with Crippen LogP contribution in [0.5, 0.6) is 5.75 Å². The Hall–Kier alpha value is -2.21. The maximum atomic E-state index is 5.31. The fraction of sp³-hybridized carbons (Fsp3) is 0.267. The Morgan fingerprint density at radius 1 is 1.24 bits per heavy atom. The SMILES string of the molecule is CCc1nc(Cc2nc(-c3ccccc3OC)no2)cs1. The van der Waals surface area contributed by atoms with E-state index in [1.807, 2.05) is 29.6 Å². The molecule has 0 bridgehead atoms. The van der Waals surface area contributed by atoms with Crippen LogP contribution in [0, 0.1) is 0 Å². The van der Waals surface area contributed by atoms with Gasteiger partial charge in [0.15, 0.2) is 0 Å². The fourth-order valence-electron chi connectivity index (χ4n) is 2.01. The first-order valence-corrected chi connectivity index (χ1v) is 7.57. The molecular formula is C15H15N3O2S. The van der Waals surface area contributed by atoms with Crippen LogP contribution in [-0.2, 0) is 12.8 Å². The van der Waals surface area contributed by atoms with Crippen molar-refractivity contribution in [3.05, 3.63) is 46.2 Å². The van der Waals surface area contributed by atoms with Crippen molar-refractivity contribution in [3.8, 4) is 17.1 Å². The van der Waals surface area contributed by atoms with Crippen molar-refractivity contribution >= 4 is 11.3 Å². The van der Waals surface area contributed by atoms with E-state index in [1.165, 1.54) is 0 Å². The maximum Gasteiger partial charge on any atom is 0.233 e. The van der Waals surface area contributed by atoms with Crippen LogP contribution in [0.4, 0.5) is 0 Å². The smallest absolute Gasteiger partial charge is 0.233 e. The highest BCUT2D eigenvalue weighted by Gasteiger charge is 2.14. The first-order chi connectivity index (χ1) is 10.3. The van der Waals surface area contributed by atoms with Gasteiger partial charge in [0, 0.05) is 5.38 Å². The van der Waals surface area contributed by atoms with Crippen molar-refractivity contribution in [1.29, 1.82) is 0 Å². The van der Waals surface area contributed by atoms with Gasteiger partial charge < -0.3 is 9.26 Å². The molecule has 0 aliphatic heterocycles. The van der Waals surface area contributed by atoms with Crippen LogP contribution < -0.4 is 4.74 Å². The Bertz CT molecular complexity index is 736. The van der Waals surface area contributed by atoms with Crippen LogP contribution in [0.15, 0.2) is 34.2 Å². The van der Waals surface area contributed by atoms with Crippen LogP contribution in [0.1, 0.15) is 23.5 Å². The lowest BCUT2D eigenvalue weighted by molar-refractivity contribution is 0.384. The van der Waals surface area contributed by atoms with Gasteiger partial charge in [-0.25, -0.2) is 4.98 Å². The van der Waals surface area contributed by atoms with Crippen molar-refractivity contribution in [1.82, 2.24) is 15.1 Å². The van der Waals surface area contributed by atoms with E-state index in [0.29, 0.717) is 18.1 Å². The van der Waals surface area contributed by atoms with Crippen LogP contribution in [0.3, 0.4) is 0 Å². The van der Waals surface area contributed by atoms with E-state index in [2.05, 4.69) is 22.0 Å². The zero-order valence-electron chi connectivity index (χ0n) is 11.9. The molecule has 2 heterocycles. The minimum atomic E-state index is 0.536. The summed E-state index contributed by atoms with van der Waals surface area (Å²) in [6.45, 7) is 2.09. The number of benzene rings is 1. The third kappa shape index (κ3) is 2.95. The second-order valence-electron chi connectivity index (χ2n) is 4.47. The minimum absolute atomic E-state index is 0.536. The fourth-order valence-corrected chi connectivity index (χ4v) is 2.76. The molecule has 0 saturated carbocycles. The number of para-hydroxylation sites is 1. The van der Waals surface area contributed by atoms with Gasteiger partial charge in [-0.05, 0) is 18.6 Å². The molecule has 3 aromatic rings. The van der Waals surface area contributed by atoms with Gasteiger partial charge in [0.25, 0.3) is 0 Å². The van der Waals surface area contributed by atoms with Crippen molar-refractivity contribution in [2.75, 3.05) is 7.11 Å². The predicted octanol–water partition coefficient (Wildman–Crippen LogP) is 3.35. The quantitative estimate of drug-likeness (QED) is 0.723. The van der Waals surface area contributed by atoms with Gasteiger partial charge in [-0.1, -0.05) is 24.2 Å². The van der Waals surface area contributed by atoms with E-state index in [0.717, 1.165) is 28.4 Å². The first kappa shape index (κ1) is 13.8. The number of ether oxygens (including phenoxy) is 1. The summed E-state index contributed by atoms with van der Waals surface area (Å²) in [5, 5.41) is 7.18. The van der Waals surface area contributed by atoms with E-state index in [9.17, 15) is 0 Å². The molecule has 0 aliphatic carbocycles. The molecule has 0 spiro atoms. The normalized spacial score (nSPS) is 10.8. The molecule has 0 atom stereocenters. The highest BCUT2D eigenvalue weighted by atomic mass is 32.1. The van der Waals surface area contributed by atoms with Gasteiger partial charge in [-0.3, -0.25) is 0 Å². The Labute approximate surface area is 126 Å². The summed E-state index contributed by atoms with van der Waals surface area (Å²) in [6, 6.07) is 7.61.